The number of rotatable bonds is 4. The van der Waals surface area contributed by atoms with E-state index in [0.29, 0.717) is 5.56 Å². The summed E-state index contributed by atoms with van der Waals surface area (Å²) in [6.45, 7) is 0. The first kappa shape index (κ1) is 15.8. The van der Waals surface area contributed by atoms with E-state index in [4.69, 9.17) is 0 Å². The van der Waals surface area contributed by atoms with Crippen molar-refractivity contribution >= 4 is 12.1 Å². The molecule has 0 fully saturated rings. The van der Waals surface area contributed by atoms with Crippen molar-refractivity contribution in [3.05, 3.63) is 71.3 Å². The van der Waals surface area contributed by atoms with E-state index in [1.165, 1.54) is 18.3 Å². The van der Waals surface area contributed by atoms with Crippen molar-refractivity contribution in [3.63, 3.8) is 0 Å². The van der Waals surface area contributed by atoms with E-state index >= 15 is 0 Å². The van der Waals surface area contributed by atoms with Crippen molar-refractivity contribution in [2.24, 2.45) is 5.10 Å². The van der Waals surface area contributed by atoms with E-state index in [-0.39, 0.29) is 12.3 Å². The summed E-state index contributed by atoms with van der Waals surface area (Å²) < 4.78 is 37.2. The van der Waals surface area contributed by atoms with Gasteiger partial charge in [-0.25, -0.2) is 5.43 Å². The highest BCUT2D eigenvalue weighted by Gasteiger charge is 2.29. The topological polar surface area (TPSA) is 41.5 Å². The number of nitrogens with one attached hydrogen (secondary N) is 1. The molecule has 0 aromatic heterocycles. The second-order valence-corrected chi connectivity index (χ2v) is 4.58. The zero-order valence-electron chi connectivity index (χ0n) is 11.5. The molecule has 114 valence electrons. The Morgan fingerprint density at radius 2 is 1.68 bits per heavy atom. The average Bonchev–Trinajstić information content (AvgIpc) is 2.48. The number of carbonyl (C=O) groups is 1. The number of alkyl halides is 3. The molecule has 6 heteroatoms. The van der Waals surface area contributed by atoms with Gasteiger partial charge in [-0.05, 0) is 23.3 Å². The molecule has 1 N–H and O–H groups in total. The highest BCUT2D eigenvalue weighted by Crippen LogP contribution is 2.28. The Balaban J connectivity index is 1.88. The monoisotopic (exact) mass is 306 g/mol. The molecular formula is C16H13F3N2O. The van der Waals surface area contributed by atoms with Crippen molar-refractivity contribution in [1.82, 2.24) is 5.43 Å². The van der Waals surface area contributed by atoms with Gasteiger partial charge in [0.05, 0.1) is 18.2 Å². The van der Waals surface area contributed by atoms with E-state index in [1.54, 1.807) is 0 Å². The molecule has 0 aliphatic heterocycles. The maximum absolute atomic E-state index is 12.4. The second-order valence-electron chi connectivity index (χ2n) is 4.58. The molecule has 0 bridgehead atoms. The van der Waals surface area contributed by atoms with E-state index < -0.39 is 11.7 Å². The largest absolute Gasteiger partial charge is 0.416 e. The van der Waals surface area contributed by atoms with Crippen LogP contribution in [0.3, 0.4) is 0 Å². The molecule has 0 aliphatic rings. The van der Waals surface area contributed by atoms with Crippen LogP contribution in [-0.4, -0.2) is 12.1 Å². The Labute approximate surface area is 125 Å². The minimum Gasteiger partial charge on any atom is -0.273 e. The molecule has 0 heterocycles. The fourth-order valence-corrected chi connectivity index (χ4v) is 1.76. The maximum atomic E-state index is 12.4. The maximum Gasteiger partial charge on any atom is 0.416 e. The zero-order valence-corrected chi connectivity index (χ0v) is 11.5. The predicted molar refractivity (Wildman–Crippen MR) is 77.3 cm³/mol. The van der Waals surface area contributed by atoms with Gasteiger partial charge in [0.25, 0.3) is 0 Å². The van der Waals surface area contributed by atoms with Crippen LogP contribution in [0.5, 0.6) is 0 Å². The van der Waals surface area contributed by atoms with Crippen LogP contribution in [0.2, 0.25) is 0 Å². The van der Waals surface area contributed by atoms with Crippen molar-refractivity contribution < 1.29 is 18.0 Å². The Hall–Kier alpha value is -2.63. The van der Waals surface area contributed by atoms with Crippen LogP contribution in [-0.2, 0) is 17.4 Å². The van der Waals surface area contributed by atoms with Crippen molar-refractivity contribution in [2.75, 3.05) is 0 Å². The molecule has 0 saturated carbocycles. The third-order valence-corrected chi connectivity index (χ3v) is 2.85. The van der Waals surface area contributed by atoms with Crippen LogP contribution < -0.4 is 5.43 Å². The normalized spacial score (nSPS) is 11.6. The highest BCUT2D eigenvalue weighted by molar-refractivity contribution is 5.83. The lowest BCUT2D eigenvalue weighted by atomic mass is 10.1. The summed E-state index contributed by atoms with van der Waals surface area (Å²) in [5, 5.41) is 3.72. The molecule has 22 heavy (non-hydrogen) atoms. The third kappa shape index (κ3) is 4.73. The van der Waals surface area contributed by atoms with E-state index in [1.807, 2.05) is 30.3 Å². The fraction of sp³-hybridized carbons (Fsp3) is 0.125. The molecule has 2 rings (SSSR count). The fourth-order valence-electron chi connectivity index (χ4n) is 1.76. The molecule has 0 radical (unpaired) electrons. The van der Waals surface area contributed by atoms with Crippen molar-refractivity contribution in [1.29, 1.82) is 0 Å². The molecule has 0 saturated heterocycles. The summed E-state index contributed by atoms with van der Waals surface area (Å²) in [5.41, 5.74) is 2.93. The van der Waals surface area contributed by atoms with Crippen LogP contribution in [0.25, 0.3) is 0 Å². The molecular weight excluding hydrogens is 293 g/mol. The standard InChI is InChI=1S/C16H13F3N2O/c17-16(18,19)14-8-6-13(7-9-14)11-20-21-15(22)10-12-4-2-1-3-5-12/h1-9,11H,10H2,(H,21,22)/b20-11+. The summed E-state index contributed by atoms with van der Waals surface area (Å²) >= 11 is 0. The minimum atomic E-state index is -4.36. The van der Waals surface area contributed by atoms with Gasteiger partial charge in [0.1, 0.15) is 0 Å². The minimum absolute atomic E-state index is 0.186. The molecule has 1 amide bonds. The van der Waals surface area contributed by atoms with Crippen LogP contribution in [0.15, 0.2) is 59.7 Å². The van der Waals surface area contributed by atoms with Crippen LogP contribution in [0, 0.1) is 0 Å². The van der Waals surface area contributed by atoms with Gasteiger partial charge in [0.15, 0.2) is 0 Å². The molecule has 0 aliphatic carbocycles. The number of benzene rings is 2. The van der Waals surface area contributed by atoms with Crippen molar-refractivity contribution in [3.8, 4) is 0 Å². The molecule has 0 unspecified atom stereocenters. The smallest absolute Gasteiger partial charge is 0.273 e. The third-order valence-electron chi connectivity index (χ3n) is 2.85. The van der Waals surface area contributed by atoms with E-state index in [2.05, 4.69) is 10.5 Å². The summed E-state index contributed by atoms with van der Waals surface area (Å²) in [4.78, 5) is 11.6. The number of nitrogens with zero attached hydrogens (tertiary/aromatic N) is 1. The molecule has 3 nitrogen and oxygen atoms in total. The Bertz CT molecular complexity index is 649. The number of halogens is 3. The predicted octanol–water partition coefficient (Wildman–Crippen LogP) is 3.40. The van der Waals surface area contributed by atoms with Gasteiger partial charge in [-0.2, -0.15) is 18.3 Å². The van der Waals surface area contributed by atoms with Crippen molar-refractivity contribution in [2.45, 2.75) is 12.6 Å². The van der Waals surface area contributed by atoms with Gasteiger partial charge in [-0.1, -0.05) is 42.5 Å². The summed E-state index contributed by atoms with van der Waals surface area (Å²) in [7, 11) is 0. The van der Waals surface area contributed by atoms with Gasteiger partial charge in [-0.15, -0.1) is 0 Å². The first-order chi connectivity index (χ1) is 10.4. The lowest BCUT2D eigenvalue weighted by Crippen LogP contribution is -2.19. The Kier molecular flexibility index (Phi) is 4.93. The van der Waals surface area contributed by atoms with E-state index in [9.17, 15) is 18.0 Å². The summed E-state index contributed by atoms with van der Waals surface area (Å²) in [6, 6.07) is 13.6. The van der Waals surface area contributed by atoms with Crippen LogP contribution in [0.1, 0.15) is 16.7 Å². The SMILES string of the molecule is O=C(Cc1ccccc1)N/N=C/c1ccc(C(F)(F)F)cc1. The summed E-state index contributed by atoms with van der Waals surface area (Å²) in [5.74, 6) is -0.297. The van der Waals surface area contributed by atoms with Crippen LogP contribution >= 0.6 is 0 Å². The van der Waals surface area contributed by atoms with Crippen LogP contribution in [0.4, 0.5) is 13.2 Å². The first-order valence-electron chi connectivity index (χ1n) is 6.48. The molecule has 2 aromatic rings. The number of hydrogen-bond acceptors (Lipinski definition) is 2. The number of carbonyl (C=O) groups excluding carboxylic acids is 1. The van der Waals surface area contributed by atoms with Gasteiger partial charge < -0.3 is 0 Å². The number of amides is 1. The van der Waals surface area contributed by atoms with E-state index in [0.717, 1.165) is 17.7 Å². The number of hydrazone groups is 1. The Morgan fingerprint density at radius 1 is 1.05 bits per heavy atom. The van der Waals surface area contributed by atoms with Gasteiger partial charge in [0, 0.05) is 0 Å². The quantitative estimate of drug-likeness (QED) is 0.682. The average molecular weight is 306 g/mol. The lowest BCUT2D eigenvalue weighted by molar-refractivity contribution is -0.137. The summed E-state index contributed by atoms with van der Waals surface area (Å²) in [6.07, 6.45) is -2.88. The Morgan fingerprint density at radius 3 is 2.27 bits per heavy atom. The molecule has 2 aromatic carbocycles. The second kappa shape index (κ2) is 6.89. The zero-order chi connectivity index (χ0) is 16.0. The lowest BCUT2D eigenvalue weighted by Gasteiger charge is -2.05. The highest BCUT2D eigenvalue weighted by atomic mass is 19.4. The first-order valence-corrected chi connectivity index (χ1v) is 6.48. The number of hydrogen-bond donors (Lipinski definition) is 1. The van der Waals surface area contributed by atoms with Gasteiger partial charge >= 0.3 is 6.18 Å². The van der Waals surface area contributed by atoms with Gasteiger partial charge in [-0.3, -0.25) is 4.79 Å². The molecule has 0 spiro atoms. The molecule has 0 atom stereocenters. The van der Waals surface area contributed by atoms with Gasteiger partial charge in [0.2, 0.25) is 5.91 Å².